The summed E-state index contributed by atoms with van der Waals surface area (Å²) in [6, 6.07) is 5.10. The summed E-state index contributed by atoms with van der Waals surface area (Å²) in [4.78, 5) is 11.4. The molecule has 1 N–H and O–H groups in total. The summed E-state index contributed by atoms with van der Waals surface area (Å²) in [5.41, 5.74) is 1.00. The summed E-state index contributed by atoms with van der Waals surface area (Å²) >= 11 is 11.9. The second-order valence-electron chi connectivity index (χ2n) is 3.91. The van der Waals surface area contributed by atoms with E-state index < -0.39 is 0 Å². The zero-order chi connectivity index (χ0) is 13.5. The molecule has 0 bridgehead atoms. The van der Waals surface area contributed by atoms with Crippen molar-refractivity contribution in [3.63, 3.8) is 0 Å². The molecule has 1 atom stereocenters. The molecule has 0 aliphatic carbocycles. The largest absolute Gasteiger partial charge is 0.465 e. The third kappa shape index (κ3) is 4.84. The molecule has 0 saturated carbocycles. The average molecular weight is 290 g/mol. The second-order valence-corrected chi connectivity index (χ2v) is 4.76. The lowest BCUT2D eigenvalue weighted by Gasteiger charge is -2.12. The second kappa shape index (κ2) is 7.62. The van der Waals surface area contributed by atoms with Gasteiger partial charge in [-0.25, -0.2) is 0 Å². The van der Waals surface area contributed by atoms with Gasteiger partial charge >= 0.3 is 5.97 Å². The summed E-state index contributed by atoms with van der Waals surface area (Å²) < 4.78 is 4.90. The van der Waals surface area contributed by atoms with Gasteiger partial charge in [0.2, 0.25) is 0 Å². The molecule has 3 nitrogen and oxygen atoms in total. The van der Waals surface area contributed by atoms with Crippen molar-refractivity contribution in [1.29, 1.82) is 0 Å². The maximum atomic E-state index is 11.4. The lowest BCUT2D eigenvalue weighted by atomic mass is 10.1. The summed E-state index contributed by atoms with van der Waals surface area (Å²) in [6.07, 6.45) is 0.736. The minimum atomic E-state index is -0.309. The smallest absolute Gasteiger partial charge is 0.322 e. The number of carbonyl (C=O) groups is 1. The fourth-order valence-corrected chi connectivity index (χ4v) is 2.00. The first-order valence-corrected chi connectivity index (χ1v) is 6.64. The van der Waals surface area contributed by atoms with E-state index in [0.29, 0.717) is 23.2 Å². The van der Waals surface area contributed by atoms with E-state index in [1.807, 2.05) is 6.07 Å². The fraction of sp³-hybridized carbons (Fsp3) is 0.462. The number of esters is 1. The molecule has 1 aromatic rings. The molecule has 0 aliphatic rings. The zero-order valence-corrected chi connectivity index (χ0v) is 12.0. The molecule has 1 rings (SSSR count). The highest BCUT2D eigenvalue weighted by Crippen LogP contribution is 2.21. The first-order chi connectivity index (χ1) is 8.54. The normalized spacial score (nSPS) is 12.2. The van der Waals surface area contributed by atoms with E-state index in [1.165, 1.54) is 0 Å². The molecule has 100 valence electrons. The Morgan fingerprint density at radius 2 is 2.17 bits per heavy atom. The maximum Gasteiger partial charge on any atom is 0.322 e. The van der Waals surface area contributed by atoms with Gasteiger partial charge in [-0.15, -0.1) is 0 Å². The van der Waals surface area contributed by atoms with Gasteiger partial charge in [0.15, 0.2) is 0 Å². The molecule has 1 aromatic carbocycles. The summed E-state index contributed by atoms with van der Waals surface area (Å²) in [6.45, 7) is 4.62. The maximum absolute atomic E-state index is 11.4. The van der Waals surface area contributed by atoms with Crippen LogP contribution in [-0.4, -0.2) is 25.2 Å². The van der Waals surface area contributed by atoms with Crippen LogP contribution in [0.15, 0.2) is 18.2 Å². The van der Waals surface area contributed by atoms with Crippen LogP contribution in [0.25, 0.3) is 0 Å². The molecule has 0 radical (unpaired) electrons. The van der Waals surface area contributed by atoms with Crippen LogP contribution in [0.2, 0.25) is 10.0 Å². The van der Waals surface area contributed by atoms with Gasteiger partial charge < -0.3 is 10.1 Å². The van der Waals surface area contributed by atoms with E-state index in [2.05, 4.69) is 5.32 Å². The first-order valence-electron chi connectivity index (χ1n) is 5.88. The monoisotopic (exact) mass is 289 g/mol. The quantitative estimate of drug-likeness (QED) is 0.818. The van der Waals surface area contributed by atoms with Crippen molar-refractivity contribution < 1.29 is 9.53 Å². The van der Waals surface area contributed by atoms with E-state index in [1.54, 1.807) is 26.0 Å². The molecule has 5 heteroatoms. The van der Waals surface area contributed by atoms with Gasteiger partial charge in [0, 0.05) is 16.6 Å². The molecule has 0 aromatic heterocycles. The van der Waals surface area contributed by atoms with Crippen LogP contribution in [-0.2, 0) is 16.0 Å². The van der Waals surface area contributed by atoms with Gasteiger partial charge in [-0.3, -0.25) is 4.79 Å². The van der Waals surface area contributed by atoms with Crippen LogP contribution in [0, 0.1) is 0 Å². The Balaban J connectivity index is 2.39. The Bertz CT molecular complexity index is 410. The van der Waals surface area contributed by atoms with E-state index in [4.69, 9.17) is 27.9 Å². The SMILES string of the molecule is CCOC(=O)C(C)NCCc1ccc(Cl)cc1Cl. The van der Waals surface area contributed by atoms with E-state index in [9.17, 15) is 4.79 Å². The van der Waals surface area contributed by atoms with Gasteiger partial charge in [-0.2, -0.15) is 0 Å². The highest BCUT2D eigenvalue weighted by molar-refractivity contribution is 6.35. The van der Waals surface area contributed by atoms with Gasteiger partial charge in [-0.1, -0.05) is 29.3 Å². The number of benzene rings is 1. The van der Waals surface area contributed by atoms with Crippen molar-refractivity contribution in [3.05, 3.63) is 33.8 Å². The Kier molecular flexibility index (Phi) is 6.47. The predicted octanol–water partition coefficient (Wildman–Crippen LogP) is 3.08. The Morgan fingerprint density at radius 1 is 1.44 bits per heavy atom. The first kappa shape index (κ1) is 15.3. The van der Waals surface area contributed by atoms with Crippen LogP contribution >= 0.6 is 23.2 Å². The summed E-state index contributed by atoms with van der Waals surface area (Å²) in [5, 5.41) is 4.36. The molecule has 0 saturated heterocycles. The predicted molar refractivity (Wildman–Crippen MR) is 74.3 cm³/mol. The lowest BCUT2D eigenvalue weighted by molar-refractivity contribution is -0.145. The van der Waals surface area contributed by atoms with Crippen LogP contribution in [0.4, 0.5) is 0 Å². The Hall–Kier alpha value is -0.770. The minimum Gasteiger partial charge on any atom is -0.465 e. The van der Waals surface area contributed by atoms with E-state index in [0.717, 1.165) is 12.0 Å². The molecular weight excluding hydrogens is 273 g/mol. The third-order valence-corrected chi connectivity index (χ3v) is 3.09. The number of rotatable bonds is 6. The molecule has 0 amide bonds. The van der Waals surface area contributed by atoms with Crippen molar-refractivity contribution in [2.45, 2.75) is 26.3 Å². The van der Waals surface area contributed by atoms with Crippen LogP contribution in [0.3, 0.4) is 0 Å². The van der Waals surface area contributed by atoms with Crippen molar-refractivity contribution in [3.8, 4) is 0 Å². The highest BCUT2D eigenvalue weighted by Gasteiger charge is 2.12. The van der Waals surface area contributed by atoms with Gasteiger partial charge in [0.1, 0.15) is 6.04 Å². The van der Waals surface area contributed by atoms with Crippen molar-refractivity contribution >= 4 is 29.2 Å². The van der Waals surface area contributed by atoms with E-state index in [-0.39, 0.29) is 12.0 Å². The molecule has 0 spiro atoms. The fourth-order valence-electron chi connectivity index (χ4n) is 1.50. The average Bonchev–Trinajstić information content (AvgIpc) is 2.32. The standard InChI is InChI=1S/C13H17Cl2NO2/c1-3-18-13(17)9(2)16-7-6-10-4-5-11(14)8-12(10)15/h4-5,8-9,16H,3,6-7H2,1-2H3. The summed E-state index contributed by atoms with van der Waals surface area (Å²) in [7, 11) is 0. The number of hydrogen-bond donors (Lipinski definition) is 1. The van der Waals surface area contributed by atoms with Gasteiger partial charge in [0.05, 0.1) is 6.61 Å². The number of carbonyl (C=O) groups excluding carboxylic acids is 1. The van der Waals surface area contributed by atoms with Crippen molar-refractivity contribution in [2.24, 2.45) is 0 Å². The molecular formula is C13H17Cl2NO2. The Labute approximate surface area is 117 Å². The van der Waals surface area contributed by atoms with E-state index >= 15 is 0 Å². The van der Waals surface area contributed by atoms with Crippen LogP contribution < -0.4 is 5.32 Å². The lowest BCUT2D eigenvalue weighted by Crippen LogP contribution is -2.36. The van der Waals surface area contributed by atoms with Crippen LogP contribution in [0.1, 0.15) is 19.4 Å². The number of hydrogen-bond acceptors (Lipinski definition) is 3. The number of nitrogens with one attached hydrogen (secondary N) is 1. The topological polar surface area (TPSA) is 38.3 Å². The van der Waals surface area contributed by atoms with Crippen molar-refractivity contribution in [2.75, 3.05) is 13.2 Å². The molecule has 0 aliphatic heterocycles. The van der Waals surface area contributed by atoms with Gasteiger partial charge in [0.25, 0.3) is 0 Å². The Morgan fingerprint density at radius 3 is 2.78 bits per heavy atom. The number of halogens is 2. The number of ether oxygens (including phenoxy) is 1. The molecule has 0 heterocycles. The molecule has 0 fully saturated rings. The van der Waals surface area contributed by atoms with Crippen molar-refractivity contribution in [1.82, 2.24) is 5.32 Å². The van der Waals surface area contributed by atoms with Gasteiger partial charge in [-0.05, 0) is 38.0 Å². The highest BCUT2D eigenvalue weighted by atomic mass is 35.5. The molecule has 1 unspecified atom stereocenters. The minimum absolute atomic E-state index is 0.236. The molecule has 18 heavy (non-hydrogen) atoms. The van der Waals surface area contributed by atoms with Crippen LogP contribution in [0.5, 0.6) is 0 Å². The third-order valence-electron chi connectivity index (χ3n) is 2.50. The zero-order valence-electron chi connectivity index (χ0n) is 10.5. The summed E-state index contributed by atoms with van der Waals surface area (Å²) in [5.74, 6) is -0.236.